The van der Waals surface area contributed by atoms with Gasteiger partial charge in [0.2, 0.25) is 0 Å². The molecule has 0 aliphatic carbocycles. The molecule has 11 heteroatoms. The lowest BCUT2D eigenvalue weighted by Crippen LogP contribution is -2.07. The predicted octanol–water partition coefficient (Wildman–Crippen LogP) is 3.56. The zero-order valence-electron chi connectivity index (χ0n) is 13.3. The van der Waals surface area contributed by atoms with Gasteiger partial charge in [0.15, 0.2) is 23.1 Å². The van der Waals surface area contributed by atoms with Crippen molar-refractivity contribution in [2.45, 2.75) is 12.7 Å². The van der Waals surface area contributed by atoms with Gasteiger partial charge in [0.05, 0.1) is 11.9 Å². The van der Waals surface area contributed by atoms with E-state index < -0.39 is 23.6 Å². The zero-order chi connectivity index (χ0) is 19.2. The lowest BCUT2D eigenvalue weighted by Gasteiger charge is -2.05. The van der Waals surface area contributed by atoms with Crippen molar-refractivity contribution in [2.24, 2.45) is 0 Å². The number of halogens is 5. The molecule has 3 heterocycles. The van der Waals surface area contributed by atoms with Crippen LogP contribution in [0, 0.1) is 11.6 Å². The topological polar surface area (TPSA) is 72.3 Å². The summed E-state index contributed by atoms with van der Waals surface area (Å²) in [5, 5.41) is 9.92. The van der Waals surface area contributed by atoms with Crippen molar-refractivity contribution in [3.05, 3.63) is 59.6 Å². The molecule has 0 spiro atoms. The number of hydrogen-bond donors (Lipinski definition) is 1. The van der Waals surface area contributed by atoms with Crippen LogP contribution < -0.4 is 0 Å². The fourth-order valence-corrected chi connectivity index (χ4v) is 2.62. The van der Waals surface area contributed by atoms with Crippen LogP contribution in [0.1, 0.15) is 11.4 Å². The molecule has 1 N–H and O–H groups in total. The Morgan fingerprint density at radius 2 is 1.89 bits per heavy atom. The summed E-state index contributed by atoms with van der Waals surface area (Å²) in [4.78, 5) is 7.56. The number of hydrogen-bond acceptors (Lipinski definition) is 4. The first-order valence-corrected chi connectivity index (χ1v) is 7.59. The first kappa shape index (κ1) is 17.1. The minimum atomic E-state index is -4.71. The number of H-pyrrole nitrogens is 1. The molecule has 0 saturated heterocycles. The van der Waals surface area contributed by atoms with Crippen molar-refractivity contribution in [2.75, 3.05) is 0 Å². The highest BCUT2D eigenvalue weighted by Gasteiger charge is 2.36. The number of nitrogens with zero attached hydrogens (tertiary/aromatic N) is 5. The Labute approximate surface area is 147 Å². The monoisotopic (exact) mass is 380 g/mol. The molecular weight excluding hydrogens is 371 g/mol. The molecule has 0 unspecified atom stereocenters. The van der Waals surface area contributed by atoms with Gasteiger partial charge in [-0.05, 0) is 18.2 Å². The van der Waals surface area contributed by atoms with Crippen LogP contribution in [0.15, 0.2) is 36.5 Å². The summed E-state index contributed by atoms with van der Waals surface area (Å²) in [7, 11) is 0. The third-order valence-corrected chi connectivity index (χ3v) is 3.82. The van der Waals surface area contributed by atoms with Gasteiger partial charge in [-0.15, -0.1) is 5.10 Å². The quantitative estimate of drug-likeness (QED) is 0.552. The van der Waals surface area contributed by atoms with Crippen molar-refractivity contribution in [3.63, 3.8) is 0 Å². The first-order chi connectivity index (χ1) is 12.8. The molecule has 0 fully saturated rings. The second-order valence-electron chi connectivity index (χ2n) is 5.60. The van der Waals surface area contributed by atoms with Gasteiger partial charge in [-0.1, -0.05) is 12.1 Å². The van der Waals surface area contributed by atoms with Crippen LogP contribution in [0.2, 0.25) is 0 Å². The predicted molar refractivity (Wildman–Crippen MR) is 83.4 cm³/mol. The lowest BCUT2D eigenvalue weighted by atomic mass is 10.2. The molecule has 3 aromatic heterocycles. The zero-order valence-corrected chi connectivity index (χ0v) is 13.3. The van der Waals surface area contributed by atoms with Gasteiger partial charge in [0.1, 0.15) is 5.69 Å². The molecule has 27 heavy (non-hydrogen) atoms. The van der Waals surface area contributed by atoms with Crippen molar-refractivity contribution < 1.29 is 22.0 Å². The minimum absolute atomic E-state index is 0.0187. The van der Waals surface area contributed by atoms with Crippen LogP contribution in [-0.2, 0) is 12.7 Å². The molecule has 1 aromatic carbocycles. The van der Waals surface area contributed by atoms with E-state index in [9.17, 15) is 22.0 Å². The maximum absolute atomic E-state index is 14.0. The standard InChI is InChI=1S/C16H9F5N6/c17-10-5-1-3-8(11(10)18)7-27-14-9(4-2-6-22-14)12(26-27)13-23-15(25-24-13)16(19,20)21/h1-6H,7H2,(H,23,24,25). The summed E-state index contributed by atoms with van der Waals surface area (Å²) >= 11 is 0. The van der Waals surface area contributed by atoms with Gasteiger partial charge >= 0.3 is 6.18 Å². The van der Waals surface area contributed by atoms with Gasteiger partial charge in [0.25, 0.3) is 5.82 Å². The van der Waals surface area contributed by atoms with E-state index in [-0.39, 0.29) is 29.3 Å². The Kier molecular flexibility index (Phi) is 3.86. The van der Waals surface area contributed by atoms with Crippen molar-refractivity contribution in [1.29, 1.82) is 0 Å². The number of alkyl halides is 3. The van der Waals surface area contributed by atoms with E-state index in [4.69, 9.17) is 0 Å². The van der Waals surface area contributed by atoms with Gasteiger partial charge < -0.3 is 0 Å². The molecule has 138 valence electrons. The summed E-state index contributed by atoms with van der Waals surface area (Å²) in [6, 6.07) is 6.86. The van der Waals surface area contributed by atoms with Gasteiger partial charge in [-0.2, -0.15) is 18.3 Å². The fourth-order valence-electron chi connectivity index (χ4n) is 2.62. The Morgan fingerprint density at radius 3 is 2.63 bits per heavy atom. The summed E-state index contributed by atoms with van der Waals surface area (Å²) in [5.41, 5.74) is 0.365. The molecule has 4 rings (SSSR count). The number of fused-ring (bicyclic) bond motifs is 1. The number of rotatable bonds is 3. The van der Waals surface area contributed by atoms with Crippen LogP contribution in [0.4, 0.5) is 22.0 Å². The number of aromatic amines is 1. The van der Waals surface area contributed by atoms with E-state index in [1.54, 1.807) is 12.1 Å². The maximum atomic E-state index is 14.0. The van der Waals surface area contributed by atoms with E-state index in [0.29, 0.717) is 5.39 Å². The van der Waals surface area contributed by atoms with E-state index >= 15 is 0 Å². The Balaban J connectivity index is 1.82. The molecular formula is C16H9F5N6. The Bertz CT molecular complexity index is 1130. The van der Waals surface area contributed by atoms with Crippen molar-refractivity contribution in [1.82, 2.24) is 29.9 Å². The highest BCUT2D eigenvalue weighted by Crippen LogP contribution is 2.30. The number of benzene rings is 1. The van der Waals surface area contributed by atoms with E-state index in [1.165, 1.54) is 23.0 Å². The summed E-state index contributed by atoms with van der Waals surface area (Å²) in [5.74, 6) is -3.58. The second kappa shape index (κ2) is 6.11. The average Bonchev–Trinajstić information content (AvgIpc) is 3.24. The smallest absolute Gasteiger partial charge is 0.257 e. The van der Waals surface area contributed by atoms with Crippen molar-refractivity contribution in [3.8, 4) is 11.5 Å². The van der Waals surface area contributed by atoms with Crippen LogP contribution in [-0.4, -0.2) is 29.9 Å². The Morgan fingerprint density at radius 1 is 1.07 bits per heavy atom. The molecule has 0 bridgehead atoms. The average molecular weight is 380 g/mol. The van der Waals surface area contributed by atoms with Crippen molar-refractivity contribution >= 4 is 11.0 Å². The summed E-state index contributed by atoms with van der Waals surface area (Å²) in [6.07, 6.45) is -3.26. The molecule has 0 aliphatic heterocycles. The normalized spacial score (nSPS) is 12.0. The number of nitrogens with one attached hydrogen (secondary N) is 1. The highest BCUT2D eigenvalue weighted by atomic mass is 19.4. The van der Waals surface area contributed by atoms with Crippen LogP contribution in [0.3, 0.4) is 0 Å². The number of aromatic nitrogens is 6. The summed E-state index contributed by atoms with van der Waals surface area (Å²) < 4.78 is 66.9. The highest BCUT2D eigenvalue weighted by molar-refractivity contribution is 5.89. The van der Waals surface area contributed by atoms with E-state index in [0.717, 1.165) is 6.07 Å². The second-order valence-corrected chi connectivity index (χ2v) is 5.60. The SMILES string of the molecule is Fc1cccc(Cn2nc(-c3nc(C(F)(F)F)n[nH]3)c3cccnc32)c1F. The van der Waals surface area contributed by atoms with Gasteiger partial charge in [-0.3, -0.25) is 5.10 Å². The third-order valence-electron chi connectivity index (χ3n) is 3.82. The van der Waals surface area contributed by atoms with Crippen LogP contribution in [0.5, 0.6) is 0 Å². The van der Waals surface area contributed by atoms with E-state index in [1.807, 2.05) is 0 Å². The molecule has 0 atom stereocenters. The molecule has 0 saturated carbocycles. The third kappa shape index (κ3) is 3.00. The van der Waals surface area contributed by atoms with Crippen LogP contribution >= 0.6 is 0 Å². The number of pyridine rings is 1. The molecule has 0 radical (unpaired) electrons. The largest absolute Gasteiger partial charge is 0.453 e. The maximum Gasteiger partial charge on any atom is 0.453 e. The minimum Gasteiger partial charge on any atom is -0.257 e. The Hall–Kier alpha value is -3.37. The van der Waals surface area contributed by atoms with Crippen LogP contribution in [0.25, 0.3) is 22.6 Å². The molecule has 0 amide bonds. The van der Waals surface area contributed by atoms with E-state index in [2.05, 4.69) is 25.3 Å². The fraction of sp³-hybridized carbons (Fsp3) is 0.125. The van der Waals surface area contributed by atoms with Gasteiger partial charge in [0, 0.05) is 11.8 Å². The molecule has 0 aliphatic rings. The molecule has 6 nitrogen and oxygen atoms in total. The molecule has 4 aromatic rings. The van der Waals surface area contributed by atoms with Gasteiger partial charge in [-0.25, -0.2) is 23.4 Å². The lowest BCUT2D eigenvalue weighted by molar-refractivity contribution is -0.144. The summed E-state index contributed by atoms with van der Waals surface area (Å²) in [6.45, 7) is -0.169. The first-order valence-electron chi connectivity index (χ1n) is 7.59.